The molecule has 1 N–H and O–H groups in total. The lowest BCUT2D eigenvalue weighted by Gasteiger charge is -2.14. The van der Waals surface area contributed by atoms with Crippen LogP contribution in [0, 0.1) is 0 Å². The first-order valence-electron chi connectivity index (χ1n) is 5.79. The first-order valence-corrected chi connectivity index (χ1v) is 6.59. The third-order valence-electron chi connectivity index (χ3n) is 2.62. The average Bonchev–Trinajstić information content (AvgIpc) is 2.74. The monoisotopic (exact) mass is 323 g/mol. The van der Waals surface area contributed by atoms with E-state index >= 15 is 0 Å². The average molecular weight is 324 g/mol. The molecule has 0 saturated carbocycles. The second-order valence-corrected chi connectivity index (χ2v) is 6.17. The number of aromatic carboxylic acids is 1. The van der Waals surface area contributed by atoms with E-state index in [2.05, 4.69) is 20.9 Å². The molecule has 0 bridgehead atoms. The Bertz CT molecular complexity index is 609. The molecule has 1 aromatic heterocycles. The summed E-state index contributed by atoms with van der Waals surface area (Å²) >= 11 is 3.35. The predicted molar refractivity (Wildman–Crippen MR) is 75.3 cm³/mol. The molecule has 4 nitrogen and oxygen atoms in total. The molecule has 1 aromatic carbocycles. The van der Waals surface area contributed by atoms with Crippen LogP contribution in [0.4, 0.5) is 0 Å². The Morgan fingerprint density at radius 2 is 1.84 bits per heavy atom. The summed E-state index contributed by atoms with van der Waals surface area (Å²) in [5.74, 6) is -0.860. The van der Waals surface area contributed by atoms with E-state index in [0.29, 0.717) is 11.6 Å². The zero-order valence-electron chi connectivity index (χ0n) is 10.9. The van der Waals surface area contributed by atoms with Crippen molar-refractivity contribution in [1.29, 1.82) is 0 Å². The van der Waals surface area contributed by atoms with E-state index in [1.165, 1.54) is 0 Å². The van der Waals surface area contributed by atoms with Crippen molar-refractivity contribution in [1.82, 2.24) is 4.98 Å². The molecule has 5 heteroatoms. The second kappa shape index (κ2) is 4.81. The molecular formula is C14H14BrNO3. The van der Waals surface area contributed by atoms with Gasteiger partial charge in [0.2, 0.25) is 11.7 Å². The summed E-state index contributed by atoms with van der Waals surface area (Å²) in [4.78, 5) is 15.6. The number of aromatic nitrogens is 1. The van der Waals surface area contributed by atoms with Crippen LogP contribution in [-0.2, 0) is 5.41 Å². The molecule has 100 valence electrons. The molecule has 0 unspecified atom stereocenters. The van der Waals surface area contributed by atoms with Gasteiger partial charge in [-0.1, -0.05) is 36.7 Å². The SMILES string of the molecule is CC(C)(C)c1nc(-c2ccc(Br)cc2)oc1C(=O)O. The summed E-state index contributed by atoms with van der Waals surface area (Å²) in [7, 11) is 0. The highest BCUT2D eigenvalue weighted by molar-refractivity contribution is 9.10. The van der Waals surface area contributed by atoms with Gasteiger partial charge in [0.25, 0.3) is 0 Å². The molecule has 2 aromatic rings. The molecule has 0 aliphatic carbocycles. The Morgan fingerprint density at radius 1 is 1.26 bits per heavy atom. The van der Waals surface area contributed by atoms with Crippen LogP contribution in [0.1, 0.15) is 37.0 Å². The first kappa shape index (κ1) is 13.8. The third kappa shape index (κ3) is 2.87. The maximum Gasteiger partial charge on any atom is 0.373 e. The Balaban J connectivity index is 2.55. The molecule has 0 atom stereocenters. The number of nitrogens with zero attached hydrogens (tertiary/aromatic N) is 1. The van der Waals surface area contributed by atoms with E-state index in [4.69, 9.17) is 4.42 Å². The standard InChI is InChI=1S/C14H14BrNO3/c1-14(2,3)11-10(13(17)18)19-12(16-11)8-4-6-9(15)7-5-8/h4-7H,1-3H3,(H,17,18). The van der Waals surface area contributed by atoms with Crippen molar-refractivity contribution < 1.29 is 14.3 Å². The van der Waals surface area contributed by atoms with E-state index in [9.17, 15) is 9.90 Å². The highest BCUT2D eigenvalue weighted by atomic mass is 79.9. The van der Waals surface area contributed by atoms with E-state index in [1.54, 1.807) is 0 Å². The Labute approximate surface area is 119 Å². The first-order chi connectivity index (χ1) is 8.79. The Hall–Kier alpha value is -1.62. The molecule has 1 heterocycles. The van der Waals surface area contributed by atoms with Gasteiger partial charge >= 0.3 is 5.97 Å². The third-order valence-corrected chi connectivity index (χ3v) is 3.15. The number of carbonyl (C=O) groups is 1. The van der Waals surface area contributed by atoms with Crippen LogP contribution in [0.5, 0.6) is 0 Å². The summed E-state index contributed by atoms with van der Waals surface area (Å²) in [5, 5.41) is 9.19. The molecule has 0 spiro atoms. The van der Waals surface area contributed by atoms with Crippen LogP contribution >= 0.6 is 15.9 Å². The van der Waals surface area contributed by atoms with Crippen molar-refractivity contribution in [3.63, 3.8) is 0 Å². The van der Waals surface area contributed by atoms with Gasteiger partial charge in [-0.05, 0) is 24.3 Å². The van der Waals surface area contributed by atoms with Crippen LogP contribution in [0.3, 0.4) is 0 Å². The fraction of sp³-hybridized carbons (Fsp3) is 0.286. The minimum atomic E-state index is -1.10. The largest absolute Gasteiger partial charge is 0.475 e. The van der Waals surface area contributed by atoms with Crippen LogP contribution < -0.4 is 0 Å². The number of rotatable bonds is 2. The molecule has 0 amide bonds. The highest BCUT2D eigenvalue weighted by Crippen LogP contribution is 2.30. The highest BCUT2D eigenvalue weighted by Gasteiger charge is 2.29. The summed E-state index contributed by atoms with van der Waals surface area (Å²) in [6.45, 7) is 5.72. The van der Waals surface area contributed by atoms with Crippen molar-refractivity contribution >= 4 is 21.9 Å². The zero-order valence-corrected chi connectivity index (χ0v) is 12.5. The number of oxazole rings is 1. The maximum atomic E-state index is 11.2. The van der Waals surface area contributed by atoms with Gasteiger partial charge in [0.1, 0.15) is 5.69 Å². The number of hydrogen-bond acceptors (Lipinski definition) is 3. The number of carboxylic acid groups (broad SMARTS) is 1. The van der Waals surface area contributed by atoms with Crippen molar-refractivity contribution in [2.24, 2.45) is 0 Å². The fourth-order valence-corrected chi connectivity index (χ4v) is 1.95. The number of benzene rings is 1. The van der Waals surface area contributed by atoms with Crippen LogP contribution in [0.2, 0.25) is 0 Å². The molecule has 0 saturated heterocycles. The van der Waals surface area contributed by atoms with E-state index in [-0.39, 0.29) is 11.2 Å². The number of halogens is 1. The topological polar surface area (TPSA) is 63.3 Å². The van der Waals surface area contributed by atoms with Crippen molar-refractivity contribution in [2.45, 2.75) is 26.2 Å². The van der Waals surface area contributed by atoms with Gasteiger partial charge in [-0.3, -0.25) is 0 Å². The maximum absolute atomic E-state index is 11.2. The molecular weight excluding hydrogens is 310 g/mol. The minimum absolute atomic E-state index is 0.0922. The van der Waals surface area contributed by atoms with Gasteiger partial charge in [0.05, 0.1) is 0 Å². The van der Waals surface area contributed by atoms with Gasteiger partial charge in [0, 0.05) is 15.5 Å². The van der Waals surface area contributed by atoms with E-state index < -0.39 is 5.97 Å². The lowest BCUT2D eigenvalue weighted by Crippen LogP contribution is -2.16. The van der Waals surface area contributed by atoms with Gasteiger partial charge < -0.3 is 9.52 Å². The molecule has 0 aliphatic rings. The van der Waals surface area contributed by atoms with Crippen LogP contribution in [0.25, 0.3) is 11.5 Å². The lowest BCUT2D eigenvalue weighted by atomic mass is 9.91. The van der Waals surface area contributed by atoms with Gasteiger partial charge in [-0.25, -0.2) is 9.78 Å². The fourth-order valence-electron chi connectivity index (χ4n) is 1.69. The number of carboxylic acids is 1. The molecule has 0 fully saturated rings. The predicted octanol–water partition coefficient (Wildman–Crippen LogP) is 4.10. The molecule has 2 rings (SSSR count). The van der Waals surface area contributed by atoms with Gasteiger partial charge in [-0.15, -0.1) is 0 Å². The quantitative estimate of drug-likeness (QED) is 0.903. The summed E-state index contributed by atoms with van der Waals surface area (Å²) < 4.78 is 6.34. The van der Waals surface area contributed by atoms with Gasteiger partial charge in [0.15, 0.2) is 0 Å². The van der Waals surface area contributed by atoms with Gasteiger partial charge in [-0.2, -0.15) is 0 Å². The summed E-state index contributed by atoms with van der Waals surface area (Å²) in [6.07, 6.45) is 0. The smallest absolute Gasteiger partial charge is 0.373 e. The van der Waals surface area contributed by atoms with Crippen molar-refractivity contribution in [2.75, 3.05) is 0 Å². The number of hydrogen-bond donors (Lipinski definition) is 1. The van der Waals surface area contributed by atoms with E-state index in [0.717, 1.165) is 10.0 Å². The lowest BCUT2D eigenvalue weighted by molar-refractivity contribution is 0.0659. The Kier molecular flexibility index (Phi) is 3.49. The van der Waals surface area contributed by atoms with Crippen LogP contribution in [0.15, 0.2) is 33.2 Å². The second-order valence-electron chi connectivity index (χ2n) is 5.26. The normalized spacial score (nSPS) is 11.6. The minimum Gasteiger partial charge on any atom is -0.475 e. The molecule has 19 heavy (non-hydrogen) atoms. The molecule has 0 radical (unpaired) electrons. The van der Waals surface area contributed by atoms with Crippen molar-refractivity contribution in [3.8, 4) is 11.5 Å². The van der Waals surface area contributed by atoms with Crippen LogP contribution in [-0.4, -0.2) is 16.1 Å². The molecule has 0 aliphatic heterocycles. The zero-order chi connectivity index (χ0) is 14.2. The Morgan fingerprint density at radius 3 is 2.26 bits per heavy atom. The van der Waals surface area contributed by atoms with E-state index in [1.807, 2.05) is 45.0 Å². The summed E-state index contributed by atoms with van der Waals surface area (Å²) in [6, 6.07) is 7.37. The summed E-state index contributed by atoms with van der Waals surface area (Å²) in [5.41, 5.74) is 0.823. The van der Waals surface area contributed by atoms with Crippen molar-refractivity contribution in [3.05, 3.63) is 40.2 Å².